The lowest BCUT2D eigenvalue weighted by Gasteiger charge is -2.36. The first-order valence-electron chi connectivity index (χ1n) is 9.95. The number of likely N-dealkylation sites (N-methyl/N-ethyl adjacent to an activating group) is 1. The second-order valence-corrected chi connectivity index (χ2v) is 8.55. The normalized spacial score (nSPS) is 19.1. The van der Waals surface area contributed by atoms with Crippen LogP contribution in [-0.2, 0) is 11.2 Å². The molecule has 3 nitrogen and oxygen atoms in total. The number of carbonyl (C=O) groups is 1. The summed E-state index contributed by atoms with van der Waals surface area (Å²) < 4.78 is 0. The fourth-order valence-corrected chi connectivity index (χ4v) is 4.18. The first-order valence-corrected chi connectivity index (χ1v) is 10.7. The minimum atomic E-state index is -0.0670. The molecule has 2 aromatic rings. The second kappa shape index (κ2) is 9.78. The third-order valence-corrected chi connectivity index (χ3v) is 6.32. The molecule has 0 radical (unpaired) electrons. The number of nitrogens with zero attached hydrogens (tertiary/aromatic N) is 1. The van der Waals surface area contributed by atoms with E-state index in [4.69, 9.17) is 23.2 Å². The molecule has 150 valence electrons. The Kier molecular flexibility index (Phi) is 7.39. The van der Waals surface area contributed by atoms with Crippen LogP contribution in [-0.4, -0.2) is 36.5 Å². The topological polar surface area (TPSA) is 32.3 Å². The van der Waals surface area contributed by atoms with E-state index < -0.39 is 0 Å². The third kappa shape index (κ3) is 5.28. The number of piperidine rings is 1. The molecule has 1 heterocycles. The molecule has 0 aromatic heterocycles. The van der Waals surface area contributed by atoms with Gasteiger partial charge in [-0.2, -0.15) is 0 Å². The molecule has 3 rings (SSSR count). The van der Waals surface area contributed by atoms with Gasteiger partial charge in [0.05, 0.1) is 6.04 Å². The predicted octanol–water partition coefficient (Wildman–Crippen LogP) is 5.31. The highest BCUT2D eigenvalue weighted by Crippen LogP contribution is 2.29. The molecule has 1 aliphatic rings. The molecule has 0 spiro atoms. The van der Waals surface area contributed by atoms with E-state index in [2.05, 4.69) is 36.5 Å². The van der Waals surface area contributed by atoms with Crippen molar-refractivity contribution in [1.29, 1.82) is 0 Å². The van der Waals surface area contributed by atoms with Crippen molar-refractivity contribution in [2.75, 3.05) is 13.6 Å². The summed E-state index contributed by atoms with van der Waals surface area (Å²) >= 11 is 12.1. The molecule has 1 fully saturated rings. The molecule has 1 N–H and O–H groups in total. The Bertz CT molecular complexity index is 770. The summed E-state index contributed by atoms with van der Waals surface area (Å²) in [5.74, 6) is 0.346. The Hall–Kier alpha value is -1.55. The maximum Gasteiger partial charge on any atom is 0.239 e. The summed E-state index contributed by atoms with van der Waals surface area (Å²) in [7, 11) is 1.92. The van der Waals surface area contributed by atoms with Crippen molar-refractivity contribution in [2.24, 2.45) is 0 Å². The van der Waals surface area contributed by atoms with Gasteiger partial charge in [0.15, 0.2) is 0 Å². The summed E-state index contributed by atoms with van der Waals surface area (Å²) in [6.45, 7) is 3.06. The minimum absolute atomic E-state index is 0.0491. The molecule has 5 heteroatoms. The quantitative estimate of drug-likeness (QED) is 0.689. The highest BCUT2D eigenvalue weighted by molar-refractivity contribution is 6.30. The lowest BCUT2D eigenvalue weighted by Crippen LogP contribution is -2.51. The Morgan fingerprint density at radius 3 is 2.25 bits per heavy atom. The SMILES string of the molecule is CC(C(Cc1ccc(Cl)cc1)c1ccc(Cl)cc1)N(C)C(=O)C1CCCCN1. The molecule has 1 amide bonds. The Morgan fingerprint density at radius 2 is 1.68 bits per heavy atom. The molecule has 2 aromatic carbocycles. The van der Waals surface area contributed by atoms with Crippen molar-refractivity contribution in [3.8, 4) is 0 Å². The van der Waals surface area contributed by atoms with Crippen LogP contribution in [0.2, 0.25) is 10.0 Å². The molecule has 3 atom stereocenters. The number of amides is 1. The van der Waals surface area contributed by atoms with Crippen LogP contribution in [0.25, 0.3) is 0 Å². The number of carbonyl (C=O) groups excluding carboxylic acids is 1. The van der Waals surface area contributed by atoms with Gasteiger partial charge in [-0.3, -0.25) is 4.79 Å². The number of nitrogens with one attached hydrogen (secondary N) is 1. The maximum atomic E-state index is 13.1. The van der Waals surface area contributed by atoms with E-state index in [9.17, 15) is 4.79 Å². The van der Waals surface area contributed by atoms with E-state index in [1.165, 1.54) is 11.1 Å². The van der Waals surface area contributed by atoms with E-state index in [-0.39, 0.29) is 23.9 Å². The van der Waals surface area contributed by atoms with E-state index in [0.717, 1.165) is 42.3 Å². The average Bonchev–Trinajstić information content (AvgIpc) is 2.73. The highest BCUT2D eigenvalue weighted by Gasteiger charge is 2.30. The fourth-order valence-electron chi connectivity index (χ4n) is 3.93. The zero-order valence-electron chi connectivity index (χ0n) is 16.5. The smallest absolute Gasteiger partial charge is 0.239 e. The van der Waals surface area contributed by atoms with Gasteiger partial charge in [-0.1, -0.05) is 53.9 Å². The van der Waals surface area contributed by atoms with Gasteiger partial charge in [0, 0.05) is 29.1 Å². The second-order valence-electron chi connectivity index (χ2n) is 7.68. The van der Waals surface area contributed by atoms with E-state index >= 15 is 0 Å². The summed E-state index contributed by atoms with van der Waals surface area (Å²) in [4.78, 5) is 15.0. The van der Waals surface area contributed by atoms with Crippen molar-refractivity contribution in [1.82, 2.24) is 10.2 Å². The summed E-state index contributed by atoms with van der Waals surface area (Å²) in [6.07, 6.45) is 4.00. The molecule has 1 saturated heterocycles. The first kappa shape index (κ1) is 21.2. The fraction of sp³-hybridized carbons (Fsp3) is 0.435. The van der Waals surface area contributed by atoms with Gasteiger partial charge < -0.3 is 10.2 Å². The van der Waals surface area contributed by atoms with Crippen molar-refractivity contribution in [3.05, 3.63) is 69.7 Å². The number of benzene rings is 2. The van der Waals surface area contributed by atoms with Gasteiger partial charge in [-0.15, -0.1) is 0 Å². The van der Waals surface area contributed by atoms with Gasteiger partial charge in [0.25, 0.3) is 0 Å². The molecular weight excluding hydrogens is 391 g/mol. The predicted molar refractivity (Wildman–Crippen MR) is 117 cm³/mol. The van der Waals surface area contributed by atoms with Gasteiger partial charge in [0.2, 0.25) is 5.91 Å². The lowest BCUT2D eigenvalue weighted by atomic mass is 9.85. The molecule has 0 bridgehead atoms. The van der Waals surface area contributed by atoms with Crippen LogP contribution < -0.4 is 5.32 Å². The molecule has 1 aliphatic heterocycles. The van der Waals surface area contributed by atoms with E-state index in [1.54, 1.807) is 0 Å². The van der Waals surface area contributed by atoms with Crippen LogP contribution in [0, 0.1) is 0 Å². The van der Waals surface area contributed by atoms with Crippen molar-refractivity contribution < 1.29 is 4.79 Å². The first-order chi connectivity index (χ1) is 13.5. The van der Waals surface area contributed by atoms with Gasteiger partial charge in [0.1, 0.15) is 0 Å². The number of halogens is 2. The number of rotatable bonds is 6. The molecule has 3 unspecified atom stereocenters. The average molecular weight is 419 g/mol. The largest absolute Gasteiger partial charge is 0.341 e. The zero-order valence-corrected chi connectivity index (χ0v) is 18.0. The van der Waals surface area contributed by atoms with Gasteiger partial charge in [-0.05, 0) is 68.1 Å². The van der Waals surface area contributed by atoms with Gasteiger partial charge in [-0.25, -0.2) is 0 Å². The van der Waals surface area contributed by atoms with E-state index in [1.807, 2.05) is 36.2 Å². The summed E-state index contributed by atoms with van der Waals surface area (Å²) in [5.41, 5.74) is 2.39. The van der Waals surface area contributed by atoms with Crippen molar-refractivity contribution in [2.45, 2.75) is 50.6 Å². The zero-order chi connectivity index (χ0) is 20.1. The Labute approximate surface area is 178 Å². The van der Waals surface area contributed by atoms with Crippen LogP contribution in [0.3, 0.4) is 0 Å². The van der Waals surface area contributed by atoms with Crippen LogP contribution in [0.4, 0.5) is 0 Å². The lowest BCUT2D eigenvalue weighted by molar-refractivity contribution is -0.134. The van der Waals surface area contributed by atoms with Crippen molar-refractivity contribution >= 4 is 29.1 Å². The summed E-state index contributed by atoms with van der Waals surface area (Å²) in [6, 6.07) is 15.9. The number of hydrogen-bond acceptors (Lipinski definition) is 2. The monoisotopic (exact) mass is 418 g/mol. The van der Waals surface area contributed by atoms with Gasteiger partial charge >= 0.3 is 0 Å². The minimum Gasteiger partial charge on any atom is -0.341 e. The number of hydrogen-bond donors (Lipinski definition) is 1. The highest BCUT2D eigenvalue weighted by atomic mass is 35.5. The molecular formula is C23H28Cl2N2O. The van der Waals surface area contributed by atoms with E-state index in [0.29, 0.717) is 0 Å². The van der Waals surface area contributed by atoms with Crippen LogP contribution >= 0.6 is 23.2 Å². The molecule has 0 aliphatic carbocycles. The van der Waals surface area contributed by atoms with Crippen LogP contribution in [0.1, 0.15) is 43.2 Å². The molecule has 28 heavy (non-hydrogen) atoms. The van der Waals surface area contributed by atoms with Crippen LogP contribution in [0.5, 0.6) is 0 Å². The maximum absolute atomic E-state index is 13.1. The molecule has 0 saturated carbocycles. The van der Waals surface area contributed by atoms with Crippen LogP contribution in [0.15, 0.2) is 48.5 Å². The Balaban J connectivity index is 1.82. The third-order valence-electron chi connectivity index (χ3n) is 5.82. The Morgan fingerprint density at radius 1 is 1.07 bits per heavy atom. The summed E-state index contributed by atoms with van der Waals surface area (Å²) in [5, 5.41) is 4.83. The standard InChI is InChI=1S/C23H28Cl2N2O/c1-16(27(2)23(28)22-5-3-4-14-26-22)21(18-8-12-20(25)13-9-18)15-17-6-10-19(24)11-7-17/h6-13,16,21-22,26H,3-5,14-15H2,1-2H3. The van der Waals surface area contributed by atoms with Crippen molar-refractivity contribution in [3.63, 3.8) is 0 Å².